The molecule has 0 unspecified atom stereocenters. The molecule has 1 aromatic heterocycles. The zero-order chi connectivity index (χ0) is 23.6. The van der Waals surface area contributed by atoms with Crippen LogP contribution < -0.4 is 0 Å². The largest absolute Gasteiger partial charge is 0.256 e. The van der Waals surface area contributed by atoms with Crippen LogP contribution in [0.4, 0.5) is 0 Å². The minimum atomic E-state index is -0.0870. The van der Waals surface area contributed by atoms with Crippen molar-refractivity contribution in [3.05, 3.63) is 127 Å². The number of hydrogen-bond donors (Lipinski definition) is 0. The van der Waals surface area contributed by atoms with E-state index in [4.69, 9.17) is 4.98 Å². The second kappa shape index (κ2) is 7.38. The van der Waals surface area contributed by atoms with Gasteiger partial charge in [-0.3, -0.25) is 4.98 Å². The Labute approximate surface area is 205 Å². The number of nitrogens with zero attached hydrogens (tertiary/aromatic N) is 1. The van der Waals surface area contributed by atoms with Crippen molar-refractivity contribution in [3.63, 3.8) is 0 Å². The lowest BCUT2D eigenvalue weighted by molar-refractivity contribution is 0.662. The van der Waals surface area contributed by atoms with Gasteiger partial charge in [0.15, 0.2) is 0 Å². The fraction of sp³-hybridized carbons (Fsp3) is 0.0882. The van der Waals surface area contributed by atoms with Gasteiger partial charge in [0.1, 0.15) is 0 Å². The predicted molar refractivity (Wildman–Crippen MR) is 148 cm³/mol. The van der Waals surface area contributed by atoms with Gasteiger partial charge >= 0.3 is 0 Å². The summed E-state index contributed by atoms with van der Waals surface area (Å²) in [7, 11) is 0. The van der Waals surface area contributed by atoms with E-state index in [1.54, 1.807) is 0 Å². The summed E-state index contributed by atoms with van der Waals surface area (Å²) in [4.78, 5) is 4.96. The van der Waals surface area contributed by atoms with Gasteiger partial charge in [0.05, 0.1) is 5.52 Å². The number of hydrogen-bond acceptors (Lipinski definition) is 1. The molecule has 1 heterocycles. The van der Waals surface area contributed by atoms with E-state index in [0.717, 1.165) is 5.52 Å². The standard InChI is InChI=1S/C34H25N/c1-34(2)29-20-9-8-14-23(29)26-17-10-18-27(32(26)34)31-25-16-7-6-15-24(25)30(22-12-4-3-5-13-22)33-28(31)19-11-21-35-33/h3-21H,1-2H3. The molecule has 0 bridgehead atoms. The van der Waals surface area contributed by atoms with Crippen molar-refractivity contribution in [2.24, 2.45) is 0 Å². The van der Waals surface area contributed by atoms with E-state index in [1.807, 2.05) is 6.20 Å². The van der Waals surface area contributed by atoms with Crippen molar-refractivity contribution in [2.75, 3.05) is 0 Å². The Balaban J connectivity index is 1.66. The summed E-state index contributed by atoms with van der Waals surface area (Å²) in [5.74, 6) is 0. The van der Waals surface area contributed by atoms with Crippen LogP contribution >= 0.6 is 0 Å². The first-order chi connectivity index (χ1) is 17.2. The maximum absolute atomic E-state index is 4.96. The molecule has 0 aliphatic heterocycles. The predicted octanol–water partition coefficient (Wildman–Crippen LogP) is 9.03. The second-order valence-corrected chi connectivity index (χ2v) is 9.96. The first kappa shape index (κ1) is 20.2. The van der Waals surface area contributed by atoms with Gasteiger partial charge in [-0.2, -0.15) is 0 Å². The molecule has 0 radical (unpaired) electrons. The average Bonchev–Trinajstić information content (AvgIpc) is 3.15. The van der Waals surface area contributed by atoms with Crippen LogP contribution in [-0.4, -0.2) is 4.98 Å². The lowest BCUT2D eigenvalue weighted by Crippen LogP contribution is -2.16. The highest BCUT2D eigenvalue weighted by Gasteiger charge is 2.37. The van der Waals surface area contributed by atoms with E-state index in [2.05, 4.69) is 123 Å². The molecule has 0 spiro atoms. The Hall–Kier alpha value is -4.23. The van der Waals surface area contributed by atoms with Crippen LogP contribution in [0.1, 0.15) is 25.0 Å². The third kappa shape index (κ3) is 2.79. The first-order valence-corrected chi connectivity index (χ1v) is 12.2. The third-order valence-electron chi connectivity index (χ3n) is 7.69. The Morgan fingerprint density at radius 3 is 1.97 bits per heavy atom. The highest BCUT2D eigenvalue weighted by atomic mass is 14.7. The lowest BCUT2D eigenvalue weighted by Gasteiger charge is -2.26. The van der Waals surface area contributed by atoms with E-state index in [1.165, 1.54) is 60.7 Å². The van der Waals surface area contributed by atoms with Crippen LogP contribution in [0.5, 0.6) is 0 Å². The Bertz CT molecular complexity index is 1700. The molecule has 5 aromatic carbocycles. The zero-order valence-electron chi connectivity index (χ0n) is 19.9. The van der Waals surface area contributed by atoms with Gasteiger partial charge in [-0.25, -0.2) is 0 Å². The lowest BCUT2D eigenvalue weighted by atomic mass is 9.77. The van der Waals surface area contributed by atoms with E-state index in [9.17, 15) is 0 Å². The molecule has 6 aromatic rings. The van der Waals surface area contributed by atoms with Gasteiger partial charge in [-0.1, -0.05) is 117 Å². The van der Waals surface area contributed by atoms with E-state index in [-0.39, 0.29) is 5.41 Å². The quantitative estimate of drug-likeness (QED) is 0.241. The van der Waals surface area contributed by atoms with Gasteiger partial charge in [0, 0.05) is 22.6 Å². The normalized spacial score (nSPS) is 13.7. The SMILES string of the molecule is CC1(C)c2ccccc2-c2cccc(-c3c4ccccc4c(-c4ccccc4)c4ncccc34)c21. The number of rotatable bonds is 2. The first-order valence-electron chi connectivity index (χ1n) is 12.2. The summed E-state index contributed by atoms with van der Waals surface area (Å²) in [6.45, 7) is 4.73. The molecule has 0 saturated carbocycles. The Kier molecular flexibility index (Phi) is 4.25. The van der Waals surface area contributed by atoms with Crippen LogP contribution in [-0.2, 0) is 5.41 Å². The average molecular weight is 448 g/mol. The summed E-state index contributed by atoms with van der Waals surface area (Å²) in [5.41, 5.74) is 11.4. The molecular formula is C34H25N. The fourth-order valence-corrected chi connectivity index (χ4v) is 6.24. The maximum atomic E-state index is 4.96. The second-order valence-electron chi connectivity index (χ2n) is 9.96. The minimum absolute atomic E-state index is 0.0870. The van der Waals surface area contributed by atoms with Crippen molar-refractivity contribution in [3.8, 4) is 33.4 Å². The molecule has 7 rings (SSSR count). The monoisotopic (exact) mass is 447 g/mol. The third-order valence-corrected chi connectivity index (χ3v) is 7.69. The highest BCUT2D eigenvalue weighted by molar-refractivity contribution is 6.20. The summed E-state index contributed by atoms with van der Waals surface area (Å²) in [5, 5.41) is 3.71. The van der Waals surface area contributed by atoms with Gasteiger partial charge in [0.25, 0.3) is 0 Å². The molecule has 1 aliphatic rings. The number of benzene rings is 5. The molecule has 0 saturated heterocycles. The number of aromatic nitrogens is 1. The minimum Gasteiger partial charge on any atom is -0.256 e. The van der Waals surface area contributed by atoms with Crippen molar-refractivity contribution < 1.29 is 0 Å². The Morgan fingerprint density at radius 1 is 0.514 bits per heavy atom. The smallest absolute Gasteiger partial charge is 0.0792 e. The number of fused-ring (bicyclic) bond motifs is 5. The van der Waals surface area contributed by atoms with Crippen LogP contribution in [0.2, 0.25) is 0 Å². The Morgan fingerprint density at radius 2 is 1.14 bits per heavy atom. The van der Waals surface area contributed by atoms with Crippen LogP contribution in [0.3, 0.4) is 0 Å². The summed E-state index contributed by atoms with van der Waals surface area (Å²) in [6.07, 6.45) is 1.92. The molecule has 1 aliphatic carbocycles. The van der Waals surface area contributed by atoms with E-state index < -0.39 is 0 Å². The highest BCUT2D eigenvalue weighted by Crippen LogP contribution is 2.54. The molecule has 1 heteroatoms. The van der Waals surface area contributed by atoms with E-state index in [0.29, 0.717) is 0 Å². The summed E-state index contributed by atoms with van der Waals surface area (Å²) < 4.78 is 0. The van der Waals surface area contributed by atoms with Crippen molar-refractivity contribution in [1.29, 1.82) is 0 Å². The van der Waals surface area contributed by atoms with Gasteiger partial charge < -0.3 is 0 Å². The van der Waals surface area contributed by atoms with Crippen molar-refractivity contribution in [1.82, 2.24) is 4.98 Å². The molecule has 0 amide bonds. The zero-order valence-corrected chi connectivity index (χ0v) is 19.9. The number of pyridine rings is 1. The fourth-order valence-electron chi connectivity index (χ4n) is 6.24. The molecule has 1 nitrogen and oxygen atoms in total. The molecule has 166 valence electrons. The maximum Gasteiger partial charge on any atom is 0.0792 e. The summed E-state index contributed by atoms with van der Waals surface area (Å²) >= 11 is 0. The van der Waals surface area contributed by atoms with Gasteiger partial charge in [-0.15, -0.1) is 0 Å². The van der Waals surface area contributed by atoms with Gasteiger partial charge in [-0.05, 0) is 55.8 Å². The molecule has 0 atom stereocenters. The van der Waals surface area contributed by atoms with Crippen LogP contribution in [0, 0.1) is 0 Å². The van der Waals surface area contributed by atoms with Crippen LogP contribution in [0.25, 0.3) is 55.1 Å². The van der Waals surface area contributed by atoms with E-state index >= 15 is 0 Å². The molecule has 0 fully saturated rings. The summed E-state index contributed by atoms with van der Waals surface area (Å²) in [6, 6.07) is 39.5. The van der Waals surface area contributed by atoms with Crippen LogP contribution in [0.15, 0.2) is 115 Å². The molecule has 35 heavy (non-hydrogen) atoms. The topological polar surface area (TPSA) is 12.9 Å². The van der Waals surface area contributed by atoms with Gasteiger partial charge in [0.2, 0.25) is 0 Å². The van der Waals surface area contributed by atoms with Crippen molar-refractivity contribution >= 4 is 21.7 Å². The molecular weight excluding hydrogens is 422 g/mol. The molecule has 0 N–H and O–H groups in total. The van der Waals surface area contributed by atoms with Crippen molar-refractivity contribution in [2.45, 2.75) is 19.3 Å².